The largest absolute Gasteiger partial charge is 0.369 e. The lowest BCUT2D eigenvalue weighted by Gasteiger charge is -2.29. The van der Waals surface area contributed by atoms with Gasteiger partial charge in [0.1, 0.15) is 0 Å². The van der Waals surface area contributed by atoms with Gasteiger partial charge < -0.3 is 15.0 Å². The molecule has 26 heavy (non-hydrogen) atoms. The van der Waals surface area contributed by atoms with Crippen molar-refractivity contribution in [2.75, 3.05) is 19.6 Å². The van der Waals surface area contributed by atoms with Crippen molar-refractivity contribution in [1.29, 1.82) is 0 Å². The molecular weight excluding hydrogens is 328 g/mol. The van der Waals surface area contributed by atoms with Crippen molar-refractivity contribution in [2.24, 2.45) is 11.8 Å². The molecule has 4 atom stereocenters. The normalized spacial score (nSPS) is 32.0. The molecule has 4 rings (SSSR count). The Balaban J connectivity index is 1.45. The third kappa shape index (κ3) is 2.64. The van der Waals surface area contributed by atoms with Crippen LogP contribution in [-0.2, 0) is 9.53 Å². The average molecular weight is 356 g/mol. The number of carbonyl (C=O) groups is 2. The number of hydrogen-bond donors (Lipinski definition) is 1. The predicted octanol–water partition coefficient (Wildman–Crippen LogP) is 2.45. The van der Waals surface area contributed by atoms with Crippen LogP contribution < -0.4 is 5.32 Å². The number of rotatable bonds is 4. The Morgan fingerprint density at radius 2 is 2.15 bits per heavy atom. The van der Waals surface area contributed by atoms with Gasteiger partial charge in [0, 0.05) is 36.9 Å². The molecule has 1 N–H and O–H groups in total. The van der Waals surface area contributed by atoms with Crippen LogP contribution in [0.5, 0.6) is 0 Å². The highest BCUT2D eigenvalue weighted by Gasteiger charge is 2.63. The summed E-state index contributed by atoms with van der Waals surface area (Å²) < 4.78 is 6.36. The van der Waals surface area contributed by atoms with Gasteiger partial charge in [0.05, 0.1) is 18.2 Å². The number of amides is 2. The van der Waals surface area contributed by atoms with E-state index in [2.05, 4.69) is 5.32 Å². The van der Waals surface area contributed by atoms with Gasteiger partial charge in [-0.25, -0.2) is 0 Å². The molecular formula is C21H28N2O3. The van der Waals surface area contributed by atoms with E-state index in [1.807, 2.05) is 43.9 Å². The van der Waals surface area contributed by atoms with E-state index in [1.165, 1.54) is 0 Å². The molecule has 3 aliphatic rings. The molecule has 2 amide bonds. The van der Waals surface area contributed by atoms with Gasteiger partial charge in [0.15, 0.2) is 0 Å². The van der Waals surface area contributed by atoms with Crippen molar-refractivity contribution < 1.29 is 14.3 Å². The van der Waals surface area contributed by atoms with Gasteiger partial charge in [-0.1, -0.05) is 19.1 Å². The SMILES string of the molecule is CCC(=O)N1C[C@@H]2[C@H](CNC(=O)c3cccc(C)c3C)[C@H]3CC[C@]2(C1)O3. The molecule has 1 aromatic rings. The first-order valence-corrected chi connectivity index (χ1v) is 9.75. The fourth-order valence-electron chi connectivity index (χ4n) is 5.18. The topological polar surface area (TPSA) is 58.6 Å². The first kappa shape index (κ1) is 17.5. The lowest BCUT2D eigenvalue weighted by Crippen LogP contribution is -2.42. The molecule has 0 aromatic heterocycles. The number of carbonyl (C=O) groups excluding carboxylic acids is 2. The van der Waals surface area contributed by atoms with Crippen LogP contribution in [0.25, 0.3) is 0 Å². The van der Waals surface area contributed by atoms with Crippen LogP contribution in [0, 0.1) is 25.7 Å². The van der Waals surface area contributed by atoms with Crippen molar-refractivity contribution in [1.82, 2.24) is 10.2 Å². The van der Waals surface area contributed by atoms with Crippen LogP contribution in [0.15, 0.2) is 18.2 Å². The minimum Gasteiger partial charge on any atom is -0.369 e. The van der Waals surface area contributed by atoms with E-state index in [-0.39, 0.29) is 23.5 Å². The minimum atomic E-state index is -0.163. The minimum absolute atomic E-state index is 0.0116. The first-order valence-electron chi connectivity index (χ1n) is 9.75. The number of fused-ring (bicyclic) bond motifs is 1. The molecule has 5 heteroatoms. The maximum atomic E-state index is 12.7. The molecule has 0 radical (unpaired) electrons. The maximum Gasteiger partial charge on any atom is 0.251 e. The second kappa shape index (κ2) is 6.38. The number of hydrogen-bond acceptors (Lipinski definition) is 3. The van der Waals surface area contributed by atoms with Crippen molar-refractivity contribution in [3.8, 4) is 0 Å². The van der Waals surface area contributed by atoms with Crippen LogP contribution in [-0.4, -0.2) is 48.1 Å². The molecule has 0 unspecified atom stereocenters. The van der Waals surface area contributed by atoms with Crippen molar-refractivity contribution in [2.45, 2.75) is 51.7 Å². The molecule has 1 spiro atoms. The van der Waals surface area contributed by atoms with Gasteiger partial charge in [-0.3, -0.25) is 9.59 Å². The quantitative estimate of drug-likeness (QED) is 0.901. The fraction of sp³-hybridized carbons (Fsp3) is 0.619. The van der Waals surface area contributed by atoms with Gasteiger partial charge in [-0.15, -0.1) is 0 Å². The summed E-state index contributed by atoms with van der Waals surface area (Å²) in [4.78, 5) is 26.8. The van der Waals surface area contributed by atoms with Crippen molar-refractivity contribution in [3.05, 3.63) is 34.9 Å². The molecule has 5 nitrogen and oxygen atoms in total. The summed E-state index contributed by atoms with van der Waals surface area (Å²) in [6.45, 7) is 8.05. The molecule has 0 aliphatic carbocycles. The zero-order valence-electron chi connectivity index (χ0n) is 15.9. The fourth-order valence-corrected chi connectivity index (χ4v) is 5.18. The molecule has 3 fully saturated rings. The van der Waals surface area contributed by atoms with Crippen LogP contribution in [0.4, 0.5) is 0 Å². The summed E-state index contributed by atoms with van der Waals surface area (Å²) in [6, 6.07) is 5.84. The number of ether oxygens (including phenoxy) is 1. The number of aryl methyl sites for hydroxylation is 1. The zero-order valence-corrected chi connectivity index (χ0v) is 15.9. The standard InChI is InChI=1S/C21H28N2O3/c1-4-19(24)23-11-17-16(18-8-9-21(17,12-23)26-18)10-22-20(25)15-7-5-6-13(2)14(15)3/h5-7,16-18H,4,8-12H2,1-3H3,(H,22,25)/t16-,17+,18+,21+/m0/s1. The highest BCUT2D eigenvalue weighted by molar-refractivity contribution is 5.95. The van der Waals surface area contributed by atoms with Crippen LogP contribution in [0.2, 0.25) is 0 Å². The summed E-state index contributed by atoms with van der Waals surface area (Å²) in [7, 11) is 0. The zero-order chi connectivity index (χ0) is 18.5. The highest BCUT2D eigenvalue weighted by atomic mass is 16.5. The summed E-state index contributed by atoms with van der Waals surface area (Å²) in [5, 5.41) is 3.14. The van der Waals surface area contributed by atoms with Crippen molar-refractivity contribution >= 4 is 11.8 Å². The van der Waals surface area contributed by atoms with Gasteiger partial charge >= 0.3 is 0 Å². The Hall–Kier alpha value is -1.88. The van der Waals surface area contributed by atoms with Gasteiger partial charge in [0.2, 0.25) is 5.91 Å². The second-order valence-corrected chi connectivity index (χ2v) is 8.12. The maximum absolute atomic E-state index is 12.7. The lowest BCUT2D eigenvalue weighted by atomic mass is 9.73. The Kier molecular flexibility index (Phi) is 4.30. The summed E-state index contributed by atoms with van der Waals surface area (Å²) in [6.07, 6.45) is 2.84. The highest BCUT2D eigenvalue weighted by Crippen LogP contribution is 2.54. The molecule has 140 valence electrons. The molecule has 3 aliphatic heterocycles. The third-order valence-corrected chi connectivity index (χ3v) is 6.79. The Labute approximate surface area is 155 Å². The number of benzene rings is 1. The molecule has 3 saturated heterocycles. The molecule has 3 heterocycles. The van der Waals surface area contributed by atoms with Gasteiger partial charge in [-0.2, -0.15) is 0 Å². The molecule has 0 saturated carbocycles. The smallest absolute Gasteiger partial charge is 0.251 e. The Morgan fingerprint density at radius 1 is 1.35 bits per heavy atom. The van der Waals surface area contributed by atoms with Gasteiger partial charge in [-0.05, 0) is 43.9 Å². The molecule has 1 aromatic carbocycles. The number of nitrogens with zero attached hydrogens (tertiary/aromatic N) is 1. The van der Waals surface area contributed by atoms with Crippen LogP contribution >= 0.6 is 0 Å². The average Bonchev–Trinajstić information content (AvgIpc) is 3.29. The van der Waals surface area contributed by atoms with E-state index in [0.29, 0.717) is 24.8 Å². The lowest BCUT2D eigenvalue weighted by molar-refractivity contribution is -0.131. The first-order chi connectivity index (χ1) is 12.4. The van der Waals surface area contributed by atoms with Crippen LogP contribution in [0.1, 0.15) is 47.7 Å². The van der Waals surface area contributed by atoms with Crippen molar-refractivity contribution in [3.63, 3.8) is 0 Å². The number of nitrogens with one attached hydrogen (secondary N) is 1. The van der Waals surface area contributed by atoms with E-state index in [9.17, 15) is 9.59 Å². The van der Waals surface area contributed by atoms with E-state index in [4.69, 9.17) is 4.74 Å². The predicted molar refractivity (Wildman–Crippen MR) is 98.9 cm³/mol. The Bertz CT molecular complexity index is 747. The Morgan fingerprint density at radius 3 is 2.92 bits per heavy atom. The summed E-state index contributed by atoms with van der Waals surface area (Å²) in [5.41, 5.74) is 2.75. The second-order valence-electron chi connectivity index (χ2n) is 8.12. The molecule has 2 bridgehead atoms. The van der Waals surface area contributed by atoms with E-state index >= 15 is 0 Å². The monoisotopic (exact) mass is 356 g/mol. The van der Waals surface area contributed by atoms with E-state index in [0.717, 1.165) is 42.6 Å². The van der Waals surface area contributed by atoms with E-state index < -0.39 is 0 Å². The van der Waals surface area contributed by atoms with Gasteiger partial charge in [0.25, 0.3) is 5.91 Å². The summed E-state index contributed by atoms with van der Waals surface area (Å²) >= 11 is 0. The number of likely N-dealkylation sites (tertiary alicyclic amines) is 1. The van der Waals surface area contributed by atoms with Crippen LogP contribution in [0.3, 0.4) is 0 Å². The summed E-state index contributed by atoms with van der Waals surface area (Å²) in [5.74, 6) is 0.838. The van der Waals surface area contributed by atoms with E-state index in [1.54, 1.807) is 0 Å². The third-order valence-electron chi connectivity index (χ3n) is 6.79.